The smallest absolute Gasteiger partial charge is 0.410 e. The molecule has 7 N–H and O–H groups in total. The van der Waals surface area contributed by atoms with Crippen LogP contribution in [0.5, 0.6) is 0 Å². The second-order valence-corrected chi connectivity index (χ2v) is 33.6. The monoisotopic (exact) mass is 1770 g/mol. The number of hydrogen-bond acceptors (Lipinski definition) is 25. The third kappa shape index (κ3) is 40.0. The second kappa shape index (κ2) is 56.0. The lowest BCUT2D eigenvalue weighted by molar-refractivity contribution is -0.151. The molecule has 7 rings (SSSR count). The normalized spacial score (nSPS) is 25.7. The molecule has 0 bridgehead atoms. The molecular formula is C90H134N8O28. The molecule has 126 heavy (non-hydrogen) atoms. The molecule has 0 spiro atoms. The first-order valence-electron chi connectivity index (χ1n) is 42.6. The zero-order chi connectivity index (χ0) is 94.2. The highest BCUT2D eigenvalue weighted by Crippen LogP contribution is 2.38. The maximum absolute atomic E-state index is 12.5. The number of likely N-dealkylation sites (N-methyl/N-ethyl adjacent to an activating group) is 3. The SMILES string of the molecule is C=NCC(=O)CCCC(=O)CNC(=O)OC1/C=C/CCC(C)(C(=O)O)CC1.C=NNC(=O)CCOC1/C=C/CCC(C)(C(=O)O)CC1.COC(=O)C1CCCN1C(=O)CN(C)C(=O)OC1/C=C/CCC(C)(C(=O)O)CC1.COC(=O)N(C)CCN(C)C(=O)OC1/C=C/CCC(C)(C(=O)O)CC1.COCc1ccc(CC(=O)OC2/C=C/CCC(C)(C(=O)O)CC2)cc1. The van der Waals surface area contributed by atoms with Crippen LogP contribution in [0.25, 0.3) is 0 Å². The van der Waals surface area contributed by atoms with E-state index in [-0.39, 0.29) is 93.5 Å². The van der Waals surface area contributed by atoms with E-state index in [2.05, 4.69) is 39.0 Å². The van der Waals surface area contributed by atoms with Crippen molar-refractivity contribution in [3.05, 3.63) is 96.2 Å². The standard InChI is InChI=1S/C20H30N2O7.C20H26O5.C19H28N2O6.C17H28N2O6.C14H22N2O4/c1-20(18(25)26)10-5-4-7-14(9-11-20)29-19(27)21(2)13-16(23)22-12-6-8-15(22)17(24)28-3;1-20(19(22)23)11-4-3-5-17(10-12-20)25-18(21)13-15-6-8-16(9-7-15)14-24-2;1-19(17(24)25)10-4-3-8-16(9-11-19)27-18(26)21-13-15(23)7-5-6-14(22)12-20-2;1-17(14(20)21)9-6-5-7-13(8-10-17)25-16(23)19(3)12-11-18(2)15(22)24-4;1-14(13(18)19)8-4-3-5-11(6-9-14)20-10-7-12(17)16-15-2/h4,7,14-15H,5-6,8-13H2,1-3H3,(H,25,26);3,5-9,17H,4,10-14H2,1-2H3,(H,22,23);3,8,16H,2,4-7,9-13H2,1H3,(H,21,26)(H,24,25);5,7,13H,6,8-12H2,1-4H3,(H,20,21);3,5,11H,2,4,6-10H2,1H3,(H,16,17)(H,18,19)/b7-4+;5-3+;8-3+;7-5+;5-3+. The summed E-state index contributed by atoms with van der Waals surface area (Å²) < 4.78 is 41.7. The number of nitrogens with zero attached hydrogens (tertiary/aromatic N) is 6. The first kappa shape index (κ1) is 109. The van der Waals surface area contributed by atoms with Gasteiger partial charge in [-0.2, -0.15) is 5.10 Å². The van der Waals surface area contributed by atoms with Gasteiger partial charge in [-0.25, -0.2) is 29.4 Å². The number of hydrogen-bond donors (Lipinski definition) is 7. The predicted octanol–water partition coefficient (Wildman–Crippen LogP) is 11.7. The number of hydrazone groups is 1. The summed E-state index contributed by atoms with van der Waals surface area (Å²) in [5.41, 5.74) is 0.225. The van der Waals surface area contributed by atoms with Gasteiger partial charge in [0, 0.05) is 67.4 Å². The van der Waals surface area contributed by atoms with E-state index in [1.807, 2.05) is 72.9 Å². The van der Waals surface area contributed by atoms with Gasteiger partial charge in [-0.3, -0.25) is 52.9 Å². The molecule has 5 aliphatic carbocycles. The largest absolute Gasteiger partial charge is 0.481 e. The summed E-state index contributed by atoms with van der Waals surface area (Å²) in [6.45, 7) is 16.6. The van der Waals surface area contributed by atoms with Gasteiger partial charge in [0.05, 0.1) is 86.5 Å². The van der Waals surface area contributed by atoms with E-state index in [9.17, 15) is 97.5 Å². The molecule has 1 fully saturated rings. The number of carbonyl (C=O) groups excluding carboxylic acids is 10. The van der Waals surface area contributed by atoms with Gasteiger partial charge < -0.3 is 88.3 Å². The summed E-state index contributed by atoms with van der Waals surface area (Å²) in [5, 5.41) is 52.5. The molecule has 1 saturated heterocycles. The van der Waals surface area contributed by atoms with Gasteiger partial charge in [0.2, 0.25) is 11.8 Å². The summed E-state index contributed by atoms with van der Waals surface area (Å²) in [6, 6.07) is 7.04. The number of carboxylic acid groups (broad SMARTS) is 5. The Morgan fingerprint density at radius 3 is 1.29 bits per heavy atom. The molecule has 6 aliphatic rings. The molecule has 36 heteroatoms. The number of methoxy groups -OCH3 is 3. The molecule has 36 nitrogen and oxygen atoms in total. The Hall–Kier alpha value is -11.2. The van der Waals surface area contributed by atoms with E-state index in [1.165, 1.54) is 36.0 Å². The predicted molar refractivity (Wildman–Crippen MR) is 464 cm³/mol. The highest BCUT2D eigenvalue weighted by Gasteiger charge is 2.41. The first-order chi connectivity index (χ1) is 59.5. The molecule has 1 aromatic carbocycles. The van der Waals surface area contributed by atoms with Crippen LogP contribution in [0.1, 0.15) is 213 Å². The lowest BCUT2D eigenvalue weighted by atomic mass is 9.79. The summed E-state index contributed by atoms with van der Waals surface area (Å²) in [5.74, 6) is -5.70. The average Bonchev–Trinajstić information content (AvgIpc) is 1.61. The average molecular weight is 1780 g/mol. The molecule has 6 amide bonds. The van der Waals surface area contributed by atoms with Crippen LogP contribution in [0.15, 0.2) is 95.1 Å². The maximum atomic E-state index is 12.5. The maximum Gasteiger partial charge on any atom is 0.410 e. The Bertz CT molecular complexity index is 3960. The number of alkyl carbamates (subject to hydrolysis) is 1. The van der Waals surface area contributed by atoms with Gasteiger partial charge >= 0.3 is 66.2 Å². The van der Waals surface area contributed by atoms with Crippen molar-refractivity contribution in [1.29, 1.82) is 0 Å². The van der Waals surface area contributed by atoms with E-state index < -0.39 is 112 Å². The van der Waals surface area contributed by atoms with Crippen LogP contribution in [-0.4, -0.2) is 273 Å². The number of allylic oxidation sites excluding steroid dienone is 5. The Labute approximate surface area is 738 Å². The van der Waals surface area contributed by atoms with Crippen LogP contribution in [0, 0.1) is 27.1 Å². The van der Waals surface area contributed by atoms with E-state index in [1.54, 1.807) is 68.0 Å². The zero-order valence-electron chi connectivity index (χ0n) is 75.0. The Morgan fingerprint density at radius 1 is 0.484 bits per heavy atom. The Balaban J connectivity index is 0.000000408. The van der Waals surface area contributed by atoms with Crippen molar-refractivity contribution in [1.82, 2.24) is 30.3 Å². The van der Waals surface area contributed by atoms with Crippen molar-refractivity contribution in [3.63, 3.8) is 0 Å². The highest BCUT2D eigenvalue weighted by atomic mass is 16.6. The number of amides is 6. The van der Waals surface area contributed by atoms with Crippen molar-refractivity contribution in [2.45, 2.75) is 251 Å². The minimum atomic E-state index is -0.855. The van der Waals surface area contributed by atoms with Crippen LogP contribution < -0.4 is 10.7 Å². The molecule has 1 heterocycles. The summed E-state index contributed by atoms with van der Waals surface area (Å²) in [7, 11) is 8.84. The Kier molecular flexibility index (Phi) is 48.5. The number of esters is 2. The van der Waals surface area contributed by atoms with Gasteiger partial charge in [-0.15, -0.1) is 0 Å². The van der Waals surface area contributed by atoms with Crippen LogP contribution >= 0.6 is 0 Å². The summed E-state index contributed by atoms with van der Waals surface area (Å²) in [6.07, 6.45) is 27.5. The van der Waals surface area contributed by atoms with E-state index in [0.29, 0.717) is 167 Å². The molecule has 1 aliphatic heterocycles. The van der Waals surface area contributed by atoms with Gasteiger partial charge in [0.15, 0.2) is 11.6 Å². The van der Waals surface area contributed by atoms with Crippen molar-refractivity contribution < 1.29 is 135 Å². The van der Waals surface area contributed by atoms with Crippen molar-refractivity contribution in [3.8, 4) is 0 Å². The topological polar surface area (TPSA) is 493 Å². The number of aliphatic carboxylic acids is 5. The molecule has 0 saturated carbocycles. The van der Waals surface area contributed by atoms with Crippen molar-refractivity contribution >= 4 is 103 Å². The number of ether oxygens (including phenoxy) is 8. The number of aliphatic imine (C=N–C) groups is 1. The number of ketones is 2. The number of nitrogens with one attached hydrogen (secondary N) is 2. The van der Waals surface area contributed by atoms with E-state index >= 15 is 0 Å². The number of benzene rings is 1. The fourth-order valence-corrected chi connectivity index (χ4v) is 14.0. The molecule has 11 atom stereocenters. The van der Waals surface area contributed by atoms with Crippen LogP contribution in [0.4, 0.5) is 19.2 Å². The number of carboxylic acids is 5. The van der Waals surface area contributed by atoms with Gasteiger partial charge in [0.25, 0.3) is 0 Å². The lowest BCUT2D eigenvalue weighted by Gasteiger charge is -2.29. The Morgan fingerprint density at radius 2 is 0.881 bits per heavy atom. The van der Waals surface area contributed by atoms with Gasteiger partial charge in [-0.1, -0.05) is 60.7 Å². The van der Waals surface area contributed by atoms with Crippen molar-refractivity contribution in [2.24, 2.45) is 37.2 Å². The third-order valence-electron chi connectivity index (χ3n) is 23.1. The fraction of sp³-hybridized carbons (Fsp3) is 0.633. The second-order valence-electron chi connectivity index (χ2n) is 33.6. The zero-order valence-corrected chi connectivity index (χ0v) is 75.0. The van der Waals surface area contributed by atoms with E-state index in [0.717, 1.165) is 22.4 Å². The molecule has 11 unspecified atom stereocenters. The minimum absolute atomic E-state index is 0.0502. The number of likely N-dealkylation sites (tertiary alicyclic amines) is 1. The molecule has 1 aromatic rings. The number of carbonyl (C=O) groups is 15. The van der Waals surface area contributed by atoms with Gasteiger partial charge in [-0.05, 0) is 224 Å². The molecule has 702 valence electrons. The number of Topliss-reactive ketones (excluding diaryl/α,β-unsaturated/α-hetero) is 2. The minimum Gasteiger partial charge on any atom is -0.481 e. The van der Waals surface area contributed by atoms with Gasteiger partial charge in [0.1, 0.15) is 37.0 Å². The van der Waals surface area contributed by atoms with Crippen LogP contribution in [0.3, 0.4) is 0 Å². The lowest BCUT2D eigenvalue weighted by Crippen LogP contribution is -2.46. The highest BCUT2D eigenvalue weighted by molar-refractivity contribution is 5.88. The third-order valence-corrected chi connectivity index (χ3v) is 23.1. The van der Waals surface area contributed by atoms with E-state index in [4.69, 9.17) is 33.2 Å². The molecular weight excluding hydrogens is 1640 g/mol. The van der Waals surface area contributed by atoms with Crippen LogP contribution in [-0.2, 0) is 104 Å². The molecule has 0 aromatic heterocycles. The number of rotatable bonds is 32. The van der Waals surface area contributed by atoms with Crippen LogP contribution in [0.2, 0.25) is 0 Å². The quantitative estimate of drug-likeness (QED) is 0.0116. The fourth-order valence-electron chi connectivity index (χ4n) is 14.0. The molecule has 0 radical (unpaired) electrons. The first-order valence-corrected chi connectivity index (χ1v) is 42.6. The summed E-state index contributed by atoms with van der Waals surface area (Å²) >= 11 is 0. The summed E-state index contributed by atoms with van der Waals surface area (Å²) in [4.78, 5) is 184. The van der Waals surface area contributed by atoms with Crippen molar-refractivity contribution in [2.75, 3.05) is 88.3 Å².